The van der Waals surface area contributed by atoms with Crippen molar-refractivity contribution in [2.75, 3.05) is 24.1 Å². The van der Waals surface area contributed by atoms with Gasteiger partial charge in [0, 0.05) is 24.3 Å². The molecule has 27 heavy (non-hydrogen) atoms. The molecule has 0 heterocycles. The van der Waals surface area contributed by atoms with Crippen molar-refractivity contribution in [1.29, 1.82) is 0 Å². The maximum Gasteiger partial charge on any atom is 0.407 e. The van der Waals surface area contributed by atoms with Crippen LogP contribution in [0.25, 0.3) is 0 Å². The highest BCUT2D eigenvalue weighted by atomic mass is 32.2. The van der Waals surface area contributed by atoms with Gasteiger partial charge in [0.15, 0.2) is 0 Å². The Kier molecular flexibility index (Phi) is 7.18. The molecule has 0 aromatic heterocycles. The van der Waals surface area contributed by atoms with Gasteiger partial charge in [0.2, 0.25) is 10.0 Å². The molecule has 2 aromatic carbocycles. The molecular weight excluding hydrogens is 370 g/mol. The van der Waals surface area contributed by atoms with Crippen LogP contribution in [0.5, 0.6) is 0 Å². The number of hydrogen-bond acceptors (Lipinski definition) is 5. The second kappa shape index (κ2) is 9.58. The van der Waals surface area contributed by atoms with Crippen LogP contribution >= 0.6 is 0 Å². The molecule has 2 aromatic rings. The summed E-state index contributed by atoms with van der Waals surface area (Å²) in [6.45, 7) is 0.614. The van der Waals surface area contributed by atoms with Crippen LogP contribution in [0, 0.1) is 0 Å². The highest BCUT2D eigenvalue weighted by Crippen LogP contribution is 2.10. The molecule has 0 aliphatic carbocycles. The molecule has 144 valence electrons. The van der Waals surface area contributed by atoms with Crippen LogP contribution in [-0.2, 0) is 21.4 Å². The van der Waals surface area contributed by atoms with Gasteiger partial charge in [-0.2, -0.15) is 0 Å². The van der Waals surface area contributed by atoms with Crippen molar-refractivity contribution in [2.45, 2.75) is 6.61 Å². The predicted octanol–water partition coefficient (Wildman–Crippen LogP) is 1.71. The first kappa shape index (κ1) is 20.2. The van der Waals surface area contributed by atoms with Gasteiger partial charge in [-0.15, -0.1) is 0 Å². The molecular formula is C18H21N3O5S. The Labute approximate surface area is 158 Å². The molecule has 0 aliphatic heterocycles. The Hall–Kier alpha value is -3.07. The van der Waals surface area contributed by atoms with Crippen LogP contribution in [0.3, 0.4) is 0 Å². The van der Waals surface area contributed by atoms with Crippen LogP contribution in [-0.4, -0.2) is 39.8 Å². The molecule has 0 aliphatic rings. The van der Waals surface area contributed by atoms with E-state index in [0.717, 1.165) is 11.8 Å². The van der Waals surface area contributed by atoms with Gasteiger partial charge in [0.25, 0.3) is 5.91 Å². The molecule has 0 spiro atoms. The zero-order valence-corrected chi connectivity index (χ0v) is 15.6. The highest BCUT2D eigenvalue weighted by molar-refractivity contribution is 7.92. The summed E-state index contributed by atoms with van der Waals surface area (Å²) in [5.74, 6) is -0.333. The quantitative estimate of drug-likeness (QED) is 0.593. The fraction of sp³-hybridized carbons (Fsp3) is 0.222. The molecule has 0 saturated carbocycles. The van der Waals surface area contributed by atoms with E-state index in [9.17, 15) is 18.0 Å². The van der Waals surface area contributed by atoms with Gasteiger partial charge >= 0.3 is 6.09 Å². The largest absolute Gasteiger partial charge is 0.445 e. The molecule has 0 bridgehead atoms. The van der Waals surface area contributed by atoms with Gasteiger partial charge in [-0.3, -0.25) is 9.52 Å². The van der Waals surface area contributed by atoms with Gasteiger partial charge in [-0.1, -0.05) is 30.3 Å². The monoisotopic (exact) mass is 391 g/mol. The van der Waals surface area contributed by atoms with Crippen LogP contribution < -0.4 is 15.4 Å². The van der Waals surface area contributed by atoms with E-state index in [0.29, 0.717) is 11.3 Å². The van der Waals surface area contributed by atoms with Crippen LogP contribution in [0.4, 0.5) is 10.5 Å². The van der Waals surface area contributed by atoms with Crippen molar-refractivity contribution in [1.82, 2.24) is 10.6 Å². The summed E-state index contributed by atoms with van der Waals surface area (Å²) in [5.41, 5.74) is 1.63. The topological polar surface area (TPSA) is 114 Å². The van der Waals surface area contributed by atoms with Crippen molar-refractivity contribution in [2.24, 2.45) is 0 Å². The average molecular weight is 391 g/mol. The van der Waals surface area contributed by atoms with E-state index in [1.807, 2.05) is 30.3 Å². The predicted molar refractivity (Wildman–Crippen MR) is 102 cm³/mol. The molecule has 0 radical (unpaired) electrons. The number of nitrogens with one attached hydrogen (secondary N) is 3. The summed E-state index contributed by atoms with van der Waals surface area (Å²) in [6.07, 6.45) is 0.482. The number of benzene rings is 2. The van der Waals surface area contributed by atoms with E-state index in [2.05, 4.69) is 15.4 Å². The van der Waals surface area contributed by atoms with Crippen LogP contribution in [0.1, 0.15) is 15.9 Å². The lowest BCUT2D eigenvalue weighted by molar-refractivity contribution is 0.0951. The van der Waals surface area contributed by atoms with Gasteiger partial charge in [-0.05, 0) is 29.8 Å². The summed E-state index contributed by atoms with van der Waals surface area (Å²) in [7, 11) is -3.36. The smallest absolute Gasteiger partial charge is 0.407 e. The average Bonchev–Trinajstić information content (AvgIpc) is 2.63. The third kappa shape index (κ3) is 7.78. The van der Waals surface area contributed by atoms with Crippen LogP contribution in [0.2, 0.25) is 0 Å². The summed E-state index contributed by atoms with van der Waals surface area (Å²) in [5, 5.41) is 5.19. The van der Waals surface area contributed by atoms with Crippen molar-refractivity contribution in [3.05, 3.63) is 65.7 Å². The fourth-order valence-electron chi connectivity index (χ4n) is 2.12. The number of hydrogen-bond donors (Lipinski definition) is 3. The fourth-order valence-corrected chi connectivity index (χ4v) is 2.68. The molecule has 0 atom stereocenters. The first-order valence-electron chi connectivity index (χ1n) is 8.14. The van der Waals surface area contributed by atoms with E-state index in [1.165, 1.54) is 24.3 Å². The first-order valence-corrected chi connectivity index (χ1v) is 10.0. The Bertz CT molecular complexity index is 868. The summed E-state index contributed by atoms with van der Waals surface area (Å²) < 4.78 is 29.7. The molecule has 3 N–H and O–H groups in total. The van der Waals surface area contributed by atoms with Crippen molar-refractivity contribution in [3.63, 3.8) is 0 Å². The second-order valence-electron chi connectivity index (χ2n) is 5.70. The van der Waals surface area contributed by atoms with Crippen molar-refractivity contribution in [3.8, 4) is 0 Å². The van der Waals surface area contributed by atoms with Crippen molar-refractivity contribution < 1.29 is 22.7 Å². The van der Waals surface area contributed by atoms with Crippen LogP contribution in [0.15, 0.2) is 54.6 Å². The molecule has 2 amide bonds. The SMILES string of the molecule is CS(=O)(=O)Nc1ccc(C(=O)NCCNC(=O)OCc2ccccc2)cc1. The number of amides is 2. The summed E-state index contributed by atoms with van der Waals surface area (Å²) >= 11 is 0. The summed E-state index contributed by atoms with van der Waals surface area (Å²) in [4.78, 5) is 23.6. The Morgan fingerprint density at radius 3 is 2.19 bits per heavy atom. The second-order valence-corrected chi connectivity index (χ2v) is 7.44. The molecule has 0 unspecified atom stereocenters. The standard InChI is InChI=1S/C18H21N3O5S/c1-27(24,25)21-16-9-7-15(8-10-16)17(22)19-11-12-20-18(23)26-13-14-5-3-2-4-6-14/h2-10,21H,11-13H2,1H3,(H,19,22)(H,20,23). The summed E-state index contributed by atoms with van der Waals surface area (Å²) in [6, 6.07) is 15.3. The Morgan fingerprint density at radius 2 is 1.56 bits per heavy atom. The molecule has 2 rings (SSSR count). The zero-order chi connectivity index (χ0) is 19.7. The lowest BCUT2D eigenvalue weighted by atomic mass is 10.2. The number of sulfonamides is 1. The third-order valence-electron chi connectivity index (χ3n) is 3.34. The van der Waals surface area contributed by atoms with E-state index in [1.54, 1.807) is 0 Å². The highest BCUT2D eigenvalue weighted by Gasteiger charge is 2.07. The van der Waals surface area contributed by atoms with E-state index < -0.39 is 16.1 Å². The maximum atomic E-state index is 12.0. The number of alkyl carbamates (subject to hydrolysis) is 1. The normalized spacial score (nSPS) is 10.7. The number of rotatable bonds is 8. The lowest BCUT2D eigenvalue weighted by Gasteiger charge is -2.09. The third-order valence-corrected chi connectivity index (χ3v) is 3.95. The number of ether oxygens (including phenoxy) is 1. The van der Waals surface area contributed by atoms with Gasteiger partial charge in [0.1, 0.15) is 6.61 Å². The first-order chi connectivity index (χ1) is 12.8. The van der Waals surface area contributed by atoms with Gasteiger partial charge in [0.05, 0.1) is 6.26 Å². The Balaban J connectivity index is 1.67. The zero-order valence-electron chi connectivity index (χ0n) is 14.8. The maximum absolute atomic E-state index is 12.0. The molecule has 9 heteroatoms. The Morgan fingerprint density at radius 1 is 0.926 bits per heavy atom. The van der Waals surface area contributed by atoms with E-state index in [-0.39, 0.29) is 25.6 Å². The molecule has 8 nitrogen and oxygen atoms in total. The number of carbonyl (C=O) groups excluding carboxylic acids is 2. The number of carbonyl (C=O) groups is 2. The van der Waals surface area contributed by atoms with E-state index in [4.69, 9.17) is 4.74 Å². The van der Waals surface area contributed by atoms with E-state index >= 15 is 0 Å². The minimum absolute atomic E-state index is 0.174. The van der Waals surface area contributed by atoms with Crippen molar-refractivity contribution >= 4 is 27.7 Å². The minimum Gasteiger partial charge on any atom is -0.445 e. The number of anilines is 1. The minimum atomic E-state index is -3.36. The molecule has 0 saturated heterocycles. The molecule has 0 fully saturated rings. The van der Waals surface area contributed by atoms with Gasteiger partial charge in [-0.25, -0.2) is 13.2 Å². The van der Waals surface area contributed by atoms with Gasteiger partial charge < -0.3 is 15.4 Å². The lowest BCUT2D eigenvalue weighted by Crippen LogP contribution is -2.34.